The van der Waals surface area contributed by atoms with E-state index in [1.165, 1.54) is 0 Å². The average Bonchev–Trinajstić information content (AvgIpc) is 2.96. The van der Waals surface area contributed by atoms with Gasteiger partial charge in [0.1, 0.15) is 0 Å². The SMILES string of the molecule is CN[C@H]1CCCN(C(=O)c2cc3cnn(C(C)C)c3nc2C)C1. The molecule has 1 aliphatic heterocycles. The number of likely N-dealkylation sites (N-methyl/N-ethyl adjacent to an activating group) is 1. The molecular weight excluding hydrogens is 290 g/mol. The van der Waals surface area contributed by atoms with Gasteiger partial charge in [-0.05, 0) is 46.7 Å². The zero-order chi connectivity index (χ0) is 16.6. The molecule has 0 aromatic carbocycles. The fourth-order valence-electron chi connectivity index (χ4n) is 3.23. The van der Waals surface area contributed by atoms with E-state index in [-0.39, 0.29) is 11.9 Å². The van der Waals surface area contributed by atoms with Gasteiger partial charge in [-0.1, -0.05) is 0 Å². The van der Waals surface area contributed by atoms with E-state index in [0.717, 1.165) is 42.7 Å². The first-order valence-electron chi connectivity index (χ1n) is 8.32. The van der Waals surface area contributed by atoms with Crippen LogP contribution in [0, 0.1) is 6.92 Å². The van der Waals surface area contributed by atoms with Gasteiger partial charge in [0.25, 0.3) is 5.91 Å². The van der Waals surface area contributed by atoms with Crippen LogP contribution in [0.15, 0.2) is 12.3 Å². The summed E-state index contributed by atoms with van der Waals surface area (Å²) in [5, 5.41) is 8.60. The van der Waals surface area contributed by atoms with Crippen LogP contribution in [0.2, 0.25) is 0 Å². The summed E-state index contributed by atoms with van der Waals surface area (Å²) in [5.74, 6) is 0.0779. The number of carbonyl (C=O) groups is 1. The molecule has 1 N–H and O–H groups in total. The summed E-state index contributed by atoms with van der Waals surface area (Å²) in [6.45, 7) is 7.64. The highest BCUT2D eigenvalue weighted by Gasteiger charge is 2.25. The third kappa shape index (κ3) is 2.95. The first-order chi connectivity index (χ1) is 11.0. The predicted molar refractivity (Wildman–Crippen MR) is 90.6 cm³/mol. The number of hydrogen-bond acceptors (Lipinski definition) is 4. The van der Waals surface area contributed by atoms with Crippen LogP contribution in [-0.4, -0.2) is 51.8 Å². The molecule has 0 spiro atoms. The topological polar surface area (TPSA) is 63.1 Å². The molecule has 1 atom stereocenters. The molecule has 0 saturated carbocycles. The van der Waals surface area contributed by atoms with E-state index >= 15 is 0 Å². The molecule has 1 aliphatic rings. The van der Waals surface area contributed by atoms with E-state index in [1.54, 1.807) is 6.20 Å². The Hall–Kier alpha value is -1.95. The number of likely N-dealkylation sites (tertiary alicyclic amines) is 1. The minimum atomic E-state index is 0.0779. The minimum Gasteiger partial charge on any atom is -0.337 e. The van der Waals surface area contributed by atoms with Crippen LogP contribution in [0.4, 0.5) is 0 Å². The zero-order valence-electron chi connectivity index (χ0n) is 14.3. The largest absolute Gasteiger partial charge is 0.337 e. The number of aromatic nitrogens is 3. The molecule has 1 saturated heterocycles. The van der Waals surface area contributed by atoms with Crippen LogP contribution >= 0.6 is 0 Å². The molecule has 23 heavy (non-hydrogen) atoms. The number of fused-ring (bicyclic) bond motifs is 1. The monoisotopic (exact) mass is 315 g/mol. The quantitative estimate of drug-likeness (QED) is 0.942. The number of piperidine rings is 1. The smallest absolute Gasteiger partial charge is 0.255 e. The molecule has 3 heterocycles. The summed E-state index contributed by atoms with van der Waals surface area (Å²) in [5.41, 5.74) is 2.31. The lowest BCUT2D eigenvalue weighted by molar-refractivity contribution is 0.0697. The van der Waals surface area contributed by atoms with E-state index in [9.17, 15) is 4.79 Å². The van der Waals surface area contributed by atoms with Crippen LogP contribution in [0.5, 0.6) is 0 Å². The summed E-state index contributed by atoms with van der Waals surface area (Å²) < 4.78 is 1.90. The van der Waals surface area contributed by atoms with Crippen molar-refractivity contribution in [3.05, 3.63) is 23.5 Å². The molecule has 0 bridgehead atoms. The lowest BCUT2D eigenvalue weighted by Gasteiger charge is -2.32. The van der Waals surface area contributed by atoms with E-state index in [1.807, 2.05) is 29.6 Å². The summed E-state index contributed by atoms with van der Waals surface area (Å²) in [4.78, 5) is 19.5. The molecule has 2 aromatic heterocycles. The Kier molecular flexibility index (Phi) is 4.35. The first kappa shape index (κ1) is 15.9. The Labute approximate surface area is 136 Å². The maximum Gasteiger partial charge on any atom is 0.255 e. The number of amides is 1. The van der Waals surface area contributed by atoms with Crippen molar-refractivity contribution in [1.82, 2.24) is 25.0 Å². The number of carbonyl (C=O) groups excluding carboxylic acids is 1. The predicted octanol–water partition coefficient (Wildman–Crippen LogP) is 2.14. The molecule has 6 nitrogen and oxygen atoms in total. The number of rotatable bonds is 3. The number of nitrogens with one attached hydrogen (secondary N) is 1. The van der Waals surface area contributed by atoms with Gasteiger partial charge in [0.05, 0.1) is 17.5 Å². The molecule has 1 amide bonds. The summed E-state index contributed by atoms with van der Waals surface area (Å²) >= 11 is 0. The van der Waals surface area contributed by atoms with Crippen molar-refractivity contribution in [3.63, 3.8) is 0 Å². The Bertz CT molecular complexity index is 721. The lowest BCUT2D eigenvalue weighted by atomic mass is 10.0. The second-order valence-electron chi connectivity index (χ2n) is 6.60. The van der Waals surface area contributed by atoms with Crippen molar-refractivity contribution in [3.8, 4) is 0 Å². The van der Waals surface area contributed by atoms with Crippen LogP contribution in [0.3, 0.4) is 0 Å². The van der Waals surface area contributed by atoms with Gasteiger partial charge in [0.15, 0.2) is 5.65 Å². The van der Waals surface area contributed by atoms with Crippen LogP contribution in [0.25, 0.3) is 11.0 Å². The minimum absolute atomic E-state index is 0.0779. The highest BCUT2D eigenvalue weighted by Crippen LogP contribution is 2.21. The maximum absolute atomic E-state index is 12.9. The second-order valence-corrected chi connectivity index (χ2v) is 6.60. The van der Waals surface area contributed by atoms with Gasteiger partial charge in [0.2, 0.25) is 0 Å². The first-order valence-corrected chi connectivity index (χ1v) is 8.32. The van der Waals surface area contributed by atoms with Gasteiger partial charge in [-0.25, -0.2) is 9.67 Å². The molecule has 0 unspecified atom stereocenters. The van der Waals surface area contributed by atoms with Crippen molar-refractivity contribution in [2.75, 3.05) is 20.1 Å². The summed E-state index contributed by atoms with van der Waals surface area (Å²) in [6, 6.07) is 2.57. The molecule has 1 fully saturated rings. The number of nitrogens with zero attached hydrogens (tertiary/aromatic N) is 4. The molecule has 2 aromatic rings. The van der Waals surface area contributed by atoms with Crippen LogP contribution in [0.1, 0.15) is 48.8 Å². The van der Waals surface area contributed by atoms with E-state index in [0.29, 0.717) is 11.6 Å². The van der Waals surface area contributed by atoms with Gasteiger partial charge in [-0.15, -0.1) is 0 Å². The Morgan fingerprint density at radius 3 is 2.91 bits per heavy atom. The fourth-order valence-corrected chi connectivity index (χ4v) is 3.23. The van der Waals surface area contributed by atoms with Crippen molar-refractivity contribution < 1.29 is 4.79 Å². The maximum atomic E-state index is 12.9. The molecular formula is C17H25N5O. The van der Waals surface area contributed by atoms with Gasteiger partial charge < -0.3 is 10.2 Å². The molecule has 124 valence electrons. The zero-order valence-corrected chi connectivity index (χ0v) is 14.3. The van der Waals surface area contributed by atoms with Crippen molar-refractivity contribution in [1.29, 1.82) is 0 Å². The van der Waals surface area contributed by atoms with E-state index in [2.05, 4.69) is 29.2 Å². The standard InChI is InChI=1S/C17H25N5O/c1-11(2)22-16-13(9-19-22)8-15(12(3)20-16)17(23)21-7-5-6-14(10-21)18-4/h8-9,11,14,18H,5-7,10H2,1-4H3/t14-/m0/s1. The van der Waals surface area contributed by atoms with Gasteiger partial charge in [-0.3, -0.25) is 4.79 Å². The van der Waals surface area contributed by atoms with E-state index in [4.69, 9.17) is 0 Å². The lowest BCUT2D eigenvalue weighted by Crippen LogP contribution is -2.47. The summed E-state index contributed by atoms with van der Waals surface area (Å²) in [6.07, 6.45) is 3.96. The van der Waals surface area contributed by atoms with Gasteiger partial charge >= 0.3 is 0 Å². The van der Waals surface area contributed by atoms with Crippen molar-refractivity contribution in [2.45, 2.75) is 45.7 Å². The van der Waals surface area contributed by atoms with Crippen molar-refractivity contribution >= 4 is 16.9 Å². The Balaban J connectivity index is 1.93. The van der Waals surface area contributed by atoms with Gasteiger partial charge in [-0.2, -0.15) is 5.10 Å². The Morgan fingerprint density at radius 2 is 2.22 bits per heavy atom. The molecule has 0 aliphatic carbocycles. The highest BCUT2D eigenvalue weighted by atomic mass is 16.2. The van der Waals surface area contributed by atoms with E-state index < -0.39 is 0 Å². The normalized spacial score (nSPS) is 18.8. The number of aryl methyl sites for hydroxylation is 1. The molecule has 6 heteroatoms. The average molecular weight is 315 g/mol. The highest BCUT2D eigenvalue weighted by molar-refractivity contribution is 5.98. The number of pyridine rings is 1. The molecule has 0 radical (unpaired) electrons. The third-order valence-electron chi connectivity index (χ3n) is 4.60. The third-order valence-corrected chi connectivity index (χ3v) is 4.60. The second kappa shape index (κ2) is 6.28. The summed E-state index contributed by atoms with van der Waals surface area (Å²) in [7, 11) is 1.96. The number of hydrogen-bond donors (Lipinski definition) is 1. The fraction of sp³-hybridized carbons (Fsp3) is 0.588. The molecule has 3 rings (SSSR count). The Morgan fingerprint density at radius 1 is 1.43 bits per heavy atom. The van der Waals surface area contributed by atoms with Crippen molar-refractivity contribution in [2.24, 2.45) is 0 Å². The van der Waals surface area contributed by atoms with Crippen LogP contribution in [-0.2, 0) is 0 Å². The van der Waals surface area contributed by atoms with Gasteiger partial charge in [0, 0.05) is 30.6 Å². The van der Waals surface area contributed by atoms with Crippen LogP contribution < -0.4 is 5.32 Å².